The van der Waals surface area contributed by atoms with E-state index in [1.54, 1.807) is 18.5 Å². The van der Waals surface area contributed by atoms with Gasteiger partial charge in [0.05, 0.1) is 33.7 Å². The van der Waals surface area contributed by atoms with Crippen molar-refractivity contribution >= 4 is 23.2 Å². The van der Waals surface area contributed by atoms with Gasteiger partial charge in [0.25, 0.3) is 0 Å². The molecule has 2 aromatic heterocycles. The first-order valence-corrected chi connectivity index (χ1v) is 6.82. The summed E-state index contributed by atoms with van der Waals surface area (Å²) >= 11 is 12.5. The zero-order valence-corrected chi connectivity index (χ0v) is 12.6. The molecule has 2 rings (SSSR count). The van der Waals surface area contributed by atoms with Crippen molar-refractivity contribution in [3.8, 4) is 0 Å². The molecule has 0 aliphatic heterocycles. The zero-order valence-electron chi connectivity index (χ0n) is 11.1. The average Bonchev–Trinajstić information content (AvgIpc) is 2.75. The van der Waals surface area contributed by atoms with Gasteiger partial charge in [-0.15, -0.1) is 0 Å². The Bertz CT molecular complexity index is 566. The summed E-state index contributed by atoms with van der Waals surface area (Å²) in [7, 11) is 1.85. The molecule has 102 valence electrons. The minimum Gasteiger partial charge on any atom is -0.307 e. The van der Waals surface area contributed by atoms with Gasteiger partial charge in [-0.25, -0.2) is 0 Å². The predicted octanol–water partition coefficient (Wildman–Crippen LogP) is 3.47. The van der Waals surface area contributed by atoms with Gasteiger partial charge < -0.3 is 5.32 Å². The van der Waals surface area contributed by atoms with E-state index >= 15 is 0 Å². The lowest BCUT2D eigenvalue weighted by Gasteiger charge is -2.20. The Balaban J connectivity index is 2.55. The Morgan fingerprint density at radius 2 is 2.00 bits per heavy atom. The molecule has 0 aliphatic carbocycles. The first-order chi connectivity index (χ1) is 9.06. The number of nitrogens with one attached hydrogen (secondary N) is 1. The topological polar surface area (TPSA) is 42.7 Å². The van der Waals surface area contributed by atoms with Crippen LogP contribution in [-0.2, 0) is 0 Å². The maximum absolute atomic E-state index is 6.27. The lowest BCUT2D eigenvalue weighted by Crippen LogP contribution is -2.24. The van der Waals surface area contributed by atoms with Crippen molar-refractivity contribution < 1.29 is 0 Å². The molecule has 1 unspecified atom stereocenters. The van der Waals surface area contributed by atoms with Gasteiger partial charge >= 0.3 is 0 Å². The fourth-order valence-corrected chi connectivity index (χ4v) is 2.52. The van der Waals surface area contributed by atoms with Crippen LogP contribution < -0.4 is 5.32 Å². The highest BCUT2D eigenvalue weighted by molar-refractivity contribution is 6.32. The second-order valence-electron chi connectivity index (χ2n) is 4.51. The van der Waals surface area contributed by atoms with Crippen LogP contribution in [0.25, 0.3) is 0 Å². The maximum atomic E-state index is 6.27. The molecule has 0 amide bonds. The van der Waals surface area contributed by atoms with Gasteiger partial charge in [-0.2, -0.15) is 5.10 Å². The molecule has 0 spiro atoms. The number of rotatable bonds is 4. The molecule has 1 N–H and O–H groups in total. The molecule has 0 fully saturated rings. The summed E-state index contributed by atoms with van der Waals surface area (Å²) in [5.41, 5.74) is 1.62. The molecule has 19 heavy (non-hydrogen) atoms. The van der Waals surface area contributed by atoms with Crippen LogP contribution in [0.4, 0.5) is 0 Å². The molecule has 2 aromatic rings. The summed E-state index contributed by atoms with van der Waals surface area (Å²) in [6.07, 6.45) is 3.37. The van der Waals surface area contributed by atoms with Gasteiger partial charge in [-0.1, -0.05) is 23.2 Å². The number of hydrogen-bond donors (Lipinski definition) is 1. The molecule has 4 nitrogen and oxygen atoms in total. The Kier molecular flexibility index (Phi) is 4.45. The summed E-state index contributed by atoms with van der Waals surface area (Å²) in [4.78, 5) is 4.35. The van der Waals surface area contributed by atoms with Crippen LogP contribution in [0, 0.1) is 0 Å². The molecular weight excluding hydrogens is 283 g/mol. The minimum atomic E-state index is -0.189. The molecular formula is C13H16Cl2N4. The van der Waals surface area contributed by atoms with Crippen molar-refractivity contribution in [2.45, 2.75) is 25.9 Å². The van der Waals surface area contributed by atoms with Crippen LogP contribution in [0.2, 0.25) is 10.0 Å². The fraction of sp³-hybridized carbons (Fsp3) is 0.385. The smallest absolute Gasteiger partial charge is 0.0950 e. The van der Waals surface area contributed by atoms with Gasteiger partial charge in [0.2, 0.25) is 0 Å². The first-order valence-electron chi connectivity index (χ1n) is 6.06. The normalized spacial score (nSPS) is 12.9. The third-order valence-electron chi connectivity index (χ3n) is 2.90. The highest BCUT2D eigenvalue weighted by atomic mass is 35.5. The van der Waals surface area contributed by atoms with Crippen molar-refractivity contribution in [3.05, 3.63) is 46.0 Å². The molecule has 0 saturated carbocycles. The fourth-order valence-electron chi connectivity index (χ4n) is 2.05. The number of halogens is 2. The second kappa shape index (κ2) is 5.90. The third kappa shape index (κ3) is 2.76. The Morgan fingerprint density at radius 1 is 1.26 bits per heavy atom. The highest BCUT2D eigenvalue weighted by Crippen LogP contribution is 2.31. The quantitative estimate of drug-likeness (QED) is 0.940. The average molecular weight is 299 g/mol. The van der Waals surface area contributed by atoms with E-state index in [1.807, 2.05) is 17.8 Å². The van der Waals surface area contributed by atoms with Crippen LogP contribution in [-0.4, -0.2) is 21.8 Å². The summed E-state index contributed by atoms with van der Waals surface area (Å²) in [6.45, 7) is 4.11. The van der Waals surface area contributed by atoms with Gasteiger partial charge in [-0.05, 0) is 33.0 Å². The van der Waals surface area contributed by atoms with E-state index in [-0.39, 0.29) is 12.1 Å². The van der Waals surface area contributed by atoms with Crippen LogP contribution in [0.3, 0.4) is 0 Å². The van der Waals surface area contributed by atoms with Crippen LogP contribution in [0.5, 0.6) is 0 Å². The monoisotopic (exact) mass is 298 g/mol. The van der Waals surface area contributed by atoms with E-state index in [9.17, 15) is 0 Å². The predicted molar refractivity (Wildman–Crippen MR) is 77.8 cm³/mol. The molecule has 0 bridgehead atoms. The van der Waals surface area contributed by atoms with Gasteiger partial charge in [0, 0.05) is 12.2 Å². The van der Waals surface area contributed by atoms with Crippen molar-refractivity contribution in [3.63, 3.8) is 0 Å². The number of pyridine rings is 1. The van der Waals surface area contributed by atoms with Crippen molar-refractivity contribution in [1.82, 2.24) is 20.1 Å². The third-order valence-corrected chi connectivity index (χ3v) is 3.51. The molecule has 0 radical (unpaired) electrons. The van der Waals surface area contributed by atoms with Crippen molar-refractivity contribution in [1.29, 1.82) is 0 Å². The molecule has 6 heteroatoms. The Labute approximate surface area is 122 Å². The van der Waals surface area contributed by atoms with Crippen molar-refractivity contribution in [2.24, 2.45) is 0 Å². The van der Waals surface area contributed by atoms with E-state index in [4.69, 9.17) is 23.2 Å². The number of aromatic nitrogens is 3. The van der Waals surface area contributed by atoms with E-state index in [2.05, 4.69) is 29.2 Å². The second-order valence-corrected chi connectivity index (χ2v) is 5.32. The summed E-state index contributed by atoms with van der Waals surface area (Å²) in [6, 6.07) is 3.64. The summed E-state index contributed by atoms with van der Waals surface area (Å²) < 4.78 is 1.88. The summed E-state index contributed by atoms with van der Waals surface area (Å²) in [5.74, 6) is 0. The van der Waals surface area contributed by atoms with E-state index in [0.29, 0.717) is 10.0 Å². The van der Waals surface area contributed by atoms with Crippen LogP contribution in [0.1, 0.15) is 37.3 Å². The van der Waals surface area contributed by atoms with Gasteiger partial charge in [-0.3, -0.25) is 9.67 Å². The van der Waals surface area contributed by atoms with Crippen molar-refractivity contribution in [2.75, 3.05) is 7.05 Å². The van der Waals surface area contributed by atoms with E-state index in [0.717, 1.165) is 11.4 Å². The first kappa shape index (κ1) is 14.3. The molecule has 0 saturated heterocycles. The summed E-state index contributed by atoms with van der Waals surface area (Å²) in [5, 5.41) is 8.73. The van der Waals surface area contributed by atoms with Gasteiger partial charge in [0.1, 0.15) is 0 Å². The molecule has 0 aliphatic rings. The number of hydrogen-bond acceptors (Lipinski definition) is 3. The van der Waals surface area contributed by atoms with Gasteiger partial charge in [0.15, 0.2) is 0 Å². The number of nitrogens with zero attached hydrogens (tertiary/aromatic N) is 3. The zero-order chi connectivity index (χ0) is 14.0. The largest absolute Gasteiger partial charge is 0.307 e. The lowest BCUT2D eigenvalue weighted by molar-refractivity contribution is 0.481. The highest BCUT2D eigenvalue weighted by Gasteiger charge is 2.24. The van der Waals surface area contributed by atoms with Crippen LogP contribution in [0.15, 0.2) is 24.5 Å². The standard InChI is InChI=1S/C13H16Cl2N4/c1-8(2)19-13(10(15)7-18-19)12(16-3)11-9(14)5-4-6-17-11/h4-8,12,16H,1-3H3. The molecule has 1 atom stereocenters. The minimum absolute atomic E-state index is 0.189. The molecule has 2 heterocycles. The lowest BCUT2D eigenvalue weighted by atomic mass is 10.1. The Morgan fingerprint density at radius 3 is 2.58 bits per heavy atom. The van der Waals surface area contributed by atoms with Crippen LogP contribution >= 0.6 is 23.2 Å². The Hall–Kier alpha value is -1.10. The SMILES string of the molecule is CNC(c1ncccc1Cl)c1c(Cl)cnn1C(C)C. The molecule has 0 aromatic carbocycles. The van der Waals surface area contributed by atoms with E-state index in [1.165, 1.54) is 0 Å². The maximum Gasteiger partial charge on any atom is 0.0950 e. The van der Waals surface area contributed by atoms with E-state index < -0.39 is 0 Å².